The van der Waals surface area contributed by atoms with Gasteiger partial charge in [0.15, 0.2) is 0 Å². The number of hydrogen-bond donors (Lipinski definition) is 2. The molecule has 0 bridgehead atoms. The van der Waals surface area contributed by atoms with Crippen molar-refractivity contribution in [2.24, 2.45) is 0 Å². The molecule has 37 heavy (non-hydrogen) atoms. The Morgan fingerprint density at radius 3 is 2.00 bits per heavy atom. The Hall–Kier alpha value is -3.97. The highest BCUT2D eigenvalue weighted by Gasteiger charge is 2.09. The van der Waals surface area contributed by atoms with Gasteiger partial charge in [-0.25, -0.2) is 9.37 Å². The van der Waals surface area contributed by atoms with Crippen LogP contribution in [-0.2, 0) is 10.5 Å². The van der Waals surface area contributed by atoms with Crippen LogP contribution in [-0.4, -0.2) is 23.3 Å². The minimum Gasteiger partial charge on any atom is -0.343 e. The molecule has 2 N–H and O–H groups in total. The topological polar surface area (TPSA) is 71.1 Å². The number of carbonyl (C=O) groups excluding carboxylic acids is 2. The van der Waals surface area contributed by atoms with Gasteiger partial charge in [-0.3, -0.25) is 9.59 Å². The van der Waals surface area contributed by atoms with Gasteiger partial charge in [-0.15, -0.1) is 11.8 Å². The molecule has 1 aromatic heterocycles. The molecule has 0 fully saturated rings. The number of carbonyl (C=O) groups is 2. The molecule has 0 aliphatic rings. The smallest absolute Gasteiger partial charge is 0.251 e. The van der Waals surface area contributed by atoms with Crippen molar-refractivity contribution in [3.8, 4) is 0 Å². The van der Waals surface area contributed by atoms with Crippen LogP contribution in [0, 0.1) is 12.7 Å². The Bertz CT molecular complexity index is 1200. The maximum absolute atomic E-state index is 12.9. The van der Waals surface area contributed by atoms with Crippen LogP contribution in [0.25, 0.3) is 0 Å². The van der Waals surface area contributed by atoms with Gasteiger partial charge in [0.1, 0.15) is 5.82 Å². The van der Waals surface area contributed by atoms with E-state index in [1.807, 2.05) is 56.3 Å². The molecule has 2 amide bonds. The molecule has 0 saturated carbocycles. The molecule has 0 atom stereocenters. The molecule has 5 nitrogen and oxygen atoms in total. The van der Waals surface area contributed by atoms with Gasteiger partial charge in [0, 0.05) is 11.3 Å². The Morgan fingerprint density at radius 1 is 0.838 bits per heavy atom. The highest BCUT2D eigenvalue weighted by molar-refractivity contribution is 7.98. The van der Waals surface area contributed by atoms with Gasteiger partial charge in [0.25, 0.3) is 5.91 Å². The second-order valence-corrected chi connectivity index (χ2v) is 8.55. The second-order valence-electron chi connectivity index (χ2n) is 7.55. The molecule has 1 heterocycles. The Morgan fingerprint density at radius 2 is 1.46 bits per heavy atom. The van der Waals surface area contributed by atoms with Crippen LogP contribution < -0.4 is 10.6 Å². The molecular formula is C30H32FN3O2S. The molecule has 4 aromatic rings. The predicted molar refractivity (Wildman–Crippen MR) is 150 cm³/mol. The molecule has 3 aromatic carbocycles. The summed E-state index contributed by atoms with van der Waals surface area (Å²) in [6, 6.07) is 29.0. The zero-order valence-electron chi connectivity index (χ0n) is 21.3. The highest BCUT2D eigenvalue weighted by atomic mass is 32.2. The first kappa shape index (κ1) is 29.3. The van der Waals surface area contributed by atoms with Gasteiger partial charge in [-0.2, -0.15) is 0 Å². The molecule has 0 radical (unpaired) electrons. The van der Waals surface area contributed by atoms with E-state index in [2.05, 4.69) is 46.8 Å². The lowest BCUT2D eigenvalue weighted by atomic mass is 10.2. The van der Waals surface area contributed by atoms with Crippen molar-refractivity contribution in [2.75, 3.05) is 11.9 Å². The van der Waals surface area contributed by atoms with Crippen molar-refractivity contribution in [1.29, 1.82) is 0 Å². The molecule has 4 rings (SSSR count). The van der Waals surface area contributed by atoms with Gasteiger partial charge in [0.2, 0.25) is 5.91 Å². The number of nitrogens with zero attached hydrogens (tertiary/aromatic N) is 1. The Labute approximate surface area is 222 Å². The lowest BCUT2D eigenvalue weighted by Gasteiger charge is -2.08. The minimum absolute atomic E-state index is 0.194. The summed E-state index contributed by atoms with van der Waals surface area (Å²) in [6.45, 7) is 5.89. The van der Waals surface area contributed by atoms with Crippen LogP contribution in [0.5, 0.6) is 0 Å². The molecule has 0 unspecified atom stereocenters. The predicted octanol–water partition coefficient (Wildman–Crippen LogP) is 6.90. The fourth-order valence-corrected chi connectivity index (χ4v) is 3.67. The third-order valence-corrected chi connectivity index (χ3v) is 5.72. The number of rotatable bonds is 7. The van der Waals surface area contributed by atoms with Gasteiger partial charge in [0.05, 0.1) is 23.5 Å². The van der Waals surface area contributed by atoms with Crippen molar-refractivity contribution in [3.05, 3.63) is 126 Å². The molecule has 192 valence electrons. The van der Waals surface area contributed by atoms with Crippen LogP contribution in [0.1, 0.15) is 35.3 Å². The fourth-order valence-electron chi connectivity index (χ4n) is 2.87. The van der Waals surface area contributed by atoms with Crippen LogP contribution >= 0.6 is 11.8 Å². The maximum atomic E-state index is 12.9. The third kappa shape index (κ3) is 11.5. The minimum atomic E-state index is -0.444. The normalized spacial score (nSPS) is 9.62. The third-order valence-electron chi connectivity index (χ3n) is 4.71. The first-order valence-corrected chi connectivity index (χ1v) is 13.0. The number of pyridine rings is 1. The van der Waals surface area contributed by atoms with Gasteiger partial charge < -0.3 is 10.6 Å². The van der Waals surface area contributed by atoms with E-state index in [1.54, 1.807) is 24.0 Å². The lowest BCUT2D eigenvalue weighted by molar-refractivity contribution is -0.115. The van der Waals surface area contributed by atoms with Crippen LogP contribution in [0.4, 0.5) is 10.1 Å². The maximum Gasteiger partial charge on any atom is 0.251 e. The van der Waals surface area contributed by atoms with Crippen molar-refractivity contribution in [3.63, 3.8) is 0 Å². The van der Waals surface area contributed by atoms with Crippen molar-refractivity contribution < 1.29 is 14.0 Å². The van der Waals surface area contributed by atoms with E-state index < -0.39 is 11.7 Å². The molecule has 0 aliphatic carbocycles. The SMILES string of the molecule is CC.Cc1ccccc1.O=C(CNC(=O)c1ccc(F)cc1)Nc1ccc(SCc2ccccc2)nc1. The largest absolute Gasteiger partial charge is 0.343 e. The molecule has 7 heteroatoms. The van der Waals surface area contributed by atoms with E-state index >= 15 is 0 Å². The molecule has 0 spiro atoms. The summed E-state index contributed by atoms with van der Waals surface area (Å²) in [4.78, 5) is 28.2. The van der Waals surface area contributed by atoms with Crippen molar-refractivity contribution in [1.82, 2.24) is 10.3 Å². The first-order valence-electron chi connectivity index (χ1n) is 12.0. The zero-order valence-corrected chi connectivity index (χ0v) is 22.1. The summed E-state index contributed by atoms with van der Waals surface area (Å²) >= 11 is 1.61. The number of hydrogen-bond acceptors (Lipinski definition) is 4. The van der Waals surface area contributed by atoms with Gasteiger partial charge in [-0.05, 0) is 48.9 Å². The molecule has 0 aliphatic heterocycles. The summed E-state index contributed by atoms with van der Waals surface area (Å²) in [5, 5.41) is 6.02. The first-order chi connectivity index (χ1) is 18.0. The summed E-state index contributed by atoms with van der Waals surface area (Å²) in [6.07, 6.45) is 1.58. The zero-order chi connectivity index (χ0) is 26.9. The monoisotopic (exact) mass is 517 g/mol. The van der Waals surface area contributed by atoms with Crippen molar-refractivity contribution >= 4 is 29.3 Å². The molecule has 0 saturated heterocycles. The number of amides is 2. The van der Waals surface area contributed by atoms with E-state index in [1.165, 1.54) is 35.4 Å². The van der Waals surface area contributed by atoms with Crippen LogP contribution in [0.3, 0.4) is 0 Å². The number of benzene rings is 3. The average Bonchev–Trinajstić information content (AvgIpc) is 2.94. The standard InChI is InChI=1S/C21H18FN3O2S.C7H8.C2H6/c22-17-8-6-16(7-9-17)21(27)24-13-19(26)25-18-10-11-20(23-12-18)28-14-15-4-2-1-3-5-15;1-7-5-3-2-4-6-7;1-2/h1-12H,13-14H2,(H,24,27)(H,25,26);2-6H,1H3;1-2H3. The van der Waals surface area contributed by atoms with E-state index in [0.29, 0.717) is 5.69 Å². The average molecular weight is 518 g/mol. The molecular weight excluding hydrogens is 485 g/mol. The van der Waals surface area contributed by atoms with E-state index in [0.717, 1.165) is 10.8 Å². The van der Waals surface area contributed by atoms with Gasteiger partial charge >= 0.3 is 0 Å². The van der Waals surface area contributed by atoms with E-state index in [4.69, 9.17) is 0 Å². The van der Waals surface area contributed by atoms with Crippen molar-refractivity contribution in [2.45, 2.75) is 31.6 Å². The summed E-state index contributed by atoms with van der Waals surface area (Å²) in [5.41, 5.74) is 3.37. The van der Waals surface area contributed by atoms with Crippen LogP contribution in [0.15, 0.2) is 108 Å². The second kappa shape index (κ2) is 16.7. The Balaban J connectivity index is 0.000000455. The van der Waals surface area contributed by atoms with Crippen LogP contribution in [0.2, 0.25) is 0 Å². The lowest BCUT2D eigenvalue weighted by Crippen LogP contribution is -2.32. The Kier molecular flexibility index (Phi) is 13.2. The summed E-state index contributed by atoms with van der Waals surface area (Å²) < 4.78 is 12.9. The van der Waals surface area contributed by atoms with E-state index in [9.17, 15) is 14.0 Å². The van der Waals surface area contributed by atoms with E-state index in [-0.39, 0.29) is 18.0 Å². The highest BCUT2D eigenvalue weighted by Crippen LogP contribution is 2.21. The number of anilines is 1. The number of aromatic nitrogens is 1. The number of aryl methyl sites for hydroxylation is 1. The number of thioether (sulfide) groups is 1. The quantitative estimate of drug-likeness (QED) is 0.262. The number of halogens is 1. The summed E-state index contributed by atoms with van der Waals surface area (Å²) in [7, 11) is 0. The summed E-state index contributed by atoms with van der Waals surface area (Å²) in [5.74, 6) is -0.426. The fraction of sp³-hybridized carbons (Fsp3) is 0.167. The number of nitrogens with one attached hydrogen (secondary N) is 2. The van der Waals surface area contributed by atoms with Gasteiger partial charge in [-0.1, -0.05) is 80.1 Å².